The largest absolute Gasteiger partial charge is 0.497 e. The number of nitrogens with zero attached hydrogens (tertiary/aromatic N) is 1. The third-order valence-corrected chi connectivity index (χ3v) is 2.22. The van der Waals surface area contributed by atoms with Crippen molar-refractivity contribution < 1.29 is 14.6 Å². The van der Waals surface area contributed by atoms with Gasteiger partial charge in [0.05, 0.1) is 7.11 Å². The Morgan fingerprint density at radius 1 is 1.40 bits per heavy atom. The molecule has 1 aromatic rings. The van der Waals surface area contributed by atoms with Crippen LogP contribution in [0.15, 0.2) is 24.3 Å². The molecule has 15 heavy (non-hydrogen) atoms. The fourth-order valence-electron chi connectivity index (χ4n) is 1.11. The molecule has 0 aliphatic rings. The number of aliphatic hydroxyl groups excluding tert-OH is 1. The number of hydrogen-bond donors (Lipinski definition) is 1. The highest BCUT2D eigenvalue weighted by atomic mass is 16.5. The van der Waals surface area contributed by atoms with Gasteiger partial charge in [0.2, 0.25) is 0 Å². The number of carbonyl (C=O) groups excluding carboxylic acids is 1. The van der Waals surface area contributed by atoms with E-state index in [9.17, 15) is 9.90 Å². The van der Waals surface area contributed by atoms with Crippen molar-refractivity contribution in [3.05, 3.63) is 29.8 Å². The molecule has 0 saturated heterocycles. The third kappa shape index (κ3) is 2.70. The maximum Gasteiger partial charge on any atom is 0.255 e. The summed E-state index contributed by atoms with van der Waals surface area (Å²) in [5, 5.41) is 9.23. The van der Waals surface area contributed by atoms with Crippen LogP contribution >= 0.6 is 0 Å². The average Bonchev–Trinajstić information content (AvgIpc) is 2.27. The van der Waals surface area contributed by atoms with Crippen LogP contribution in [0.4, 0.5) is 0 Å². The van der Waals surface area contributed by atoms with Crippen LogP contribution in [0.2, 0.25) is 0 Å². The summed E-state index contributed by atoms with van der Waals surface area (Å²) in [6.45, 7) is 1.54. The Kier molecular flexibility index (Phi) is 3.68. The zero-order valence-electron chi connectivity index (χ0n) is 9.10. The summed E-state index contributed by atoms with van der Waals surface area (Å²) in [6, 6.07) is 6.76. The van der Waals surface area contributed by atoms with Crippen LogP contribution in [0.5, 0.6) is 5.75 Å². The standard InChI is InChI=1S/C11H15NO3/c1-8(13)12(2)11(14)9-4-6-10(15-3)7-5-9/h4-8,13H,1-3H3. The van der Waals surface area contributed by atoms with Crippen molar-refractivity contribution in [1.29, 1.82) is 0 Å². The van der Waals surface area contributed by atoms with Crippen LogP contribution in [-0.4, -0.2) is 36.3 Å². The van der Waals surface area contributed by atoms with E-state index in [1.807, 2.05) is 0 Å². The van der Waals surface area contributed by atoms with E-state index in [2.05, 4.69) is 0 Å². The summed E-state index contributed by atoms with van der Waals surface area (Å²) in [5.41, 5.74) is 0.527. The molecule has 1 atom stereocenters. The molecule has 1 aromatic carbocycles. The third-order valence-electron chi connectivity index (χ3n) is 2.22. The number of benzene rings is 1. The van der Waals surface area contributed by atoms with E-state index in [0.717, 1.165) is 0 Å². The quantitative estimate of drug-likeness (QED) is 0.758. The molecule has 0 fully saturated rings. The maximum absolute atomic E-state index is 11.7. The van der Waals surface area contributed by atoms with Crippen LogP contribution in [0.3, 0.4) is 0 Å². The molecule has 1 unspecified atom stereocenters. The summed E-state index contributed by atoms with van der Waals surface area (Å²) in [5.74, 6) is 0.485. The van der Waals surface area contributed by atoms with Gasteiger partial charge in [-0.2, -0.15) is 0 Å². The van der Waals surface area contributed by atoms with E-state index in [0.29, 0.717) is 11.3 Å². The lowest BCUT2D eigenvalue weighted by atomic mass is 10.2. The number of hydrogen-bond acceptors (Lipinski definition) is 3. The van der Waals surface area contributed by atoms with E-state index < -0.39 is 6.23 Å². The first-order chi connectivity index (χ1) is 7.06. The van der Waals surface area contributed by atoms with Gasteiger partial charge in [0.15, 0.2) is 0 Å². The topological polar surface area (TPSA) is 49.8 Å². The van der Waals surface area contributed by atoms with Crippen molar-refractivity contribution in [1.82, 2.24) is 4.90 Å². The Morgan fingerprint density at radius 3 is 2.33 bits per heavy atom. The second-order valence-electron chi connectivity index (χ2n) is 3.28. The molecule has 1 N–H and O–H groups in total. The molecule has 0 aromatic heterocycles. The average molecular weight is 209 g/mol. The first kappa shape index (κ1) is 11.5. The molecule has 0 aliphatic carbocycles. The summed E-state index contributed by atoms with van der Waals surface area (Å²) in [4.78, 5) is 13.0. The van der Waals surface area contributed by atoms with Crippen LogP contribution in [0, 0.1) is 0 Å². The van der Waals surface area contributed by atoms with E-state index >= 15 is 0 Å². The number of amides is 1. The molecule has 0 bridgehead atoms. The first-order valence-corrected chi connectivity index (χ1v) is 4.65. The smallest absolute Gasteiger partial charge is 0.255 e. The SMILES string of the molecule is COc1ccc(C(=O)N(C)C(C)O)cc1. The number of methoxy groups -OCH3 is 1. The van der Waals surface area contributed by atoms with E-state index in [-0.39, 0.29) is 5.91 Å². The van der Waals surface area contributed by atoms with Crippen LogP contribution in [0.25, 0.3) is 0 Å². The summed E-state index contributed by atoms with van der Waals surface area (Å²) >= 11 is 0. The van der Waals surface area contributed by atoms with Gasteiger partial charge in [0.25, 0.3) is 5.91 Å². The normalized spacial score (nSPS) is 12.0. The van der Waals surface area contributed by atoms with Crippen molar-refractivity contribution >= 4 is 5.91 Å². The molecule has 0 heterocycles. The van der Waals surface area contributed by atoms with Gasteiger partial charge in [-0.3, -0.25) is 4.79 Å². The molecule has 82 valence electrons. The Labute approximate surface area is 89.1 Å². The fraction of sp³-hybridized carbons (Fsp3) is 0.364. The highest BCUT2D eigenvalue weighted by Gasteiger charge is 2.14. The van der Waals surface area contributed by atoms with Gasteiger partial charge in [0.1, 0.15) is 12.0 Å². The van der Waals surface area contributed by atoms with E-state index in [1.165, 1.54) is 4.90 Å². The number of rotatable bonds is 3. The zero-order chi connectivity index (χ0) is 11.4. The predicted octanol–water partition coefficient (Wildman–Crippen LogP) is 1.11. The lowest BCUT2D eigenvalue weighted by molar-refractivity contribution is 0.0293. The number of aliphatic hydroxyl groups is 1. The van der Waals surface area contributed by atoms with Crippen molar-refractivity contribution in [3.63, 3.8) is 0 Å². The van der Waals surface area contributed by atoms with Gasteiger partial charge in [-0.05, 0) is 31.2 Å². The van der Waals surface area contributed by atoms with Gasteiger partial charge >= 0.3 is 0 Å². The van der Waals surface area contributed by atoms with E-state index in [1.54, 1.807) is 45.3 Å². The molecule has 0 aliphatic heterocycles. The van der Waals surface area contributed by atoms with Crippen molar-refractivity contribution in [2.45, 2.75) is 13.2 Å². The second kappa shape index (κ2) is 4.79. The van der Waals surface area contributed by atoms with Crippen molar-refractivity contribution in [3.8, 4) is 5.75 Å². The molecule has 0 spiro atoms. The van der Waals surface area contributed by atoms with Gasteiger partial charge in [0, 0.05) is 12.6 Å². The summed E-state index contributed by atoms with van der Waals surface area (Å²) in [6.07, 6.45) is -0.792. The highest BCUT2D eigenvalue weighted by molar-refractivity contribution is 5.94. The maximum atomic E-state index is 11.7. The highest BCUT2D eigenvalue weighted by Crippen LogP contribution is 2.13. The molecule has 4 nitrogen and oxygen atoms in total. The molecule has 0 radical (unpaired) electrons. The van der Waals surface area contributed by atoms with Gasteiger partial charge < -0.3 is 14.7 Å². The summed E-state index contributed by atoms with van der Waals surface area (Å²) in [7, 11) is 3.12. The molecule has 4 heteroatoms. The molecule has 1 amide bonds. The number of ether oxygens (including phenoxy) is 1. The number of carbonyl (C=O) groups is 1. The van der Waals surface area contributed by atoms with Crippen molar-refractivity contribution in [2.75, 3.05) is 14.2 Å². The van der Waals surface area contributed by atoms with Gasteiger partial charge in [-0.15, -0.1) is 0 Å². The van der Waals surface area contributed by atoms with Crippen LogP contribution < -0.4 is 4.74 Å². The van der Waals surface area contributed by atoms with Gasteiger partial charge in [-0.1, -0.05) is 0 Å². The zero-order valence-corrected chi connectivity index (χ0v) is 9.10. The first-order valence-electron chi connectivity index (χ1n) is 4.65. The van der Waals surface area contributed by atoms with Crippen LogP contribution in [0.1, 0.15) is 17.3 Å². The minimum atomic E-state index is -0.792. The lowest BCUT2D eigenvalue weighted by Gasteiger charge is -2.20. The second-order valence-corrected chi connectivity index (χ2v) is 3.28. The monoisotopic (exact) mass is 209 g/mol. The minimum Gasteiger partial charge on any atom is -0.497 e. The molecular formula is C11H15NO3. The Balaban J connectivity index is 2.83. The molecular weight excluding hydrogens is 194 g/mol. The Morgan fingerprint density at radius 2 is 1.93 bits per heavy atom. The molecule has 1 rings (SSSR count). The van der Waals surface area contributed by atoms with Crippen LogP contribution in [-0.2, 0) is 0 Å². The van der Waals surface area contributed by atoms with E-state index in [4.69, 9.17) is 4.74 Å². The predicted molar refractivity (Wildman–Crippen MR) is 56.8 cm³/mol. The minimum absolute atomic E-state index is 0.215. The Bertz CT molecular complexity index is 332. The van der Waals surface area contributed by atoms with Gasteiger partial charge in [-0.25, -0.2) is 0 Å². The Hall–Kier alpha value is -1.55. The molecule has 0 saturated carbocycles. The fourth-order valence-corrected chi connectivity index (χ4v) is 1.11. The summed E-state index contributed by atoms with van der Waals surface area (Å²) < 4.78 is 4.98. The van der Waals surface area contributed by atoms with Crippen molar-refractivity contribution in [2.24, 2.45) is 0 Å². The lowest BCUT2D eigenvalue weighted by Crippen LogP contribution is -2.34.